The average Bonchev–Trinajstić information content (AvgIpc) is 2.73. The van der Waals surface area contributed by atoms with Crippen molar-refractivity contribution in [2.75, 3.05) is 0 Å². The van der Waals surface area contributed by atoms with Crippen molar-refractivity contribution in [1.29, 1.82) is 0 Å². The van der Waals surface area contributed by atoms with E-state index in [2.05, 4.69) is 15.0 Å². The first-order valence-corrected chi connectivity index (χ1v) is 9.47. The molecule has 0 saturated heterocycles. The van der Waals surface area contributed by atoms with Gasteiger partial charge in [-0.05, 0) is 58.6 Å². The number of aromatic nitrogens is 3. The fourth-order valence-electron chi connectivity index (χ4n) is 3.25. The topological polar surface area (TPSA) is 68.9 Å². The second-order valence-corrected chi connectivity index (χ2v) is 7.09. The van der Waals surface area contributed by atoms with Crippen LogP contribution in [-0.4, -0.2) is 15.0 Å². The number of hydrogen-bond donors (Lipinski definition) is 0. The van der Waals surface area contributed by atoms with Crippen molar-refractivity contribution >= 4 is 45.1 Å². The van der Waals surface area contributed by atoms with E-state index in [0.29, 0.717) is 27.8 Å². The van der Waals surface area contributed by atoms with Crippen LogP contribution < -0.4 is 5.43 Å². The van der Waals surface area contributed by atoms with Gasteiger partial charge in [-0.25, -0.2) is 0 Å². The Labute approximate surface area is 174 Å². The molecule has 5 nitrogen and oxygen atoms in total. The van der Waals surface area contributed by atoms with E-state index < -0.39 is 0 Å². The maximum Gasteiger partial charge on any atom is 0.227 e. The Bertz CT molecular complexity index is 1430. The Morgan fingerprint density at radius 2 is 1.28 bits per heavy atom. The van der Waals surface area contributed by atoms with Gasteiger partial charge < -0.3 is 4.42 Å². The van der Waals surface area contributed by atoms with Crippen molar-refractivity contribution < 1.29 is 4.42 Å². The van der Waals surface area contributed by atoms with Crippen molar-refractivity contribution in [2.24, 2.45) is 0 Å². The first kappa shape index (κ1) is 17.8. The van der Waals surface area contributed by atoms with Crippen LogP contribution in [0, 0.1) is 0 Å². The van der Waals surface area contributed by atoms with E-state index >= 15 is 0 Å². The van der Waals surface area contributed by atoms with Crippen LogP contribution in [0.1, 0.15) is 0 Å². The Balaban J connectivity index is 1.58. The molecule has 5 aromatic rings. The van der Waals surface area contributed by atoms with Gasteiger partial charge in [-0.3, -0.25) is 4.79 Å². The van der Waals surface area contributed by atoms with Crippen LogP contribution in [0.25, 0.3) is 44.5 Å². The van der Waals surface area contributed by atoms with E-state index in [0.717, 1.165) is 16.7 Å². The second kappa shape index (κ2) is 6.95. The normalized spacial score (nSPS) is 11.2. The molecule has 2 aromatic heterocycles. The third kappa shape index (κ3) is 3.24. The molecule has 7 heteroatoms. The van der Waals surface area contributed by atoms with Crippen LogP contribution >= 0.6 is 23.2 Å². The molecule has 140 valence electrons. The fourth-order valence-corrected chi connectivity index (χ4v) is 3.61. The van der Waals surface area contributed by atoms with Gasteiger partial charge in [-0.1, -0.05) is 42.5 Å². The van der Waals surface area contributed by atoms with Crippen molar-refractivity contribution in [3.63, 3.8) is 0 Å². The highest BCUT2D eigenvalue weighted by Gasteiger charge is 2.10. The summed E-state index contributed by atoms with van der Waals surface area (Å²) in [5, 5.41) is 1.21. The Kier molecular flexibility index (Phi) is 4.27. The number of halogens is 2. The van der Waals surface area contributed by atoms with Gasteiger partial charge in [0.05, 0.1) is 10.8 Å². The Morgan fingerprint density at radius 3 is 2.03 bits per heavy atom. The van der Waals surface area contributed by atoms with Crippen molar-refractivity contribution in [2.45, 2.75) is 0 Å². The van der Waals surface area contributed by atoms with E-state index in [1.54, 1.807) is 18.2 Å². The molecular weight excluding hydrogens is 409 g/mol. The van der Waals surface area contributed by atoms with E-state index in [-0.39, 0.29) is 16.0 Å². The number of nitrogens with zero attached hydrogens (tertiary/aromatic N) is 3. The fraction of sp³-hybridized carbons (Fsp3) is 0. The maximum absolute atomic E-state index is 12.7. The summed E-state index contributed by atoms with van der Waals surface area (Å²) >= 11 is 11.7. The molecule has 0 saturated carbocycles. The molecular formula is C22H11Cl2N3O2. The zero-order valence-electron chi connectivity index (χ0n) is 14.8. The van der Waals surface area contributed by atoms with Crippen LogP contribution in [0.2, 0.25) is 10.6 Å². The molecule has 5 rings (SSSR count). The van der Waals surface area contributed by atoms with Crippen molar-refractivity contribution in [3.05, 3.63) is 87.5 Å². The minimum absolute atomic E-state index is 0.0349. The summed E-state index contributed by atoms with van der Waals surface area (Å²) in [6.45, 7) is 0. The molecule has 0 N–H and O–H groups in total. The molecule has 0 bridgehead atoms. The van der Waals surface area contributed by atoms with Crippen LogP contribution in [0.15, 0.2) is 75.9 Å². The number of hydrogen-bond acceptors (Lipinski definition) is 5. The SMILES string of the molecule is O=c1c2ccccc2oc2cc(-c3ccc(-c4nc(Cl)nc(Cl)n4)cc3)ccc12. The Hall–Kier alpha value is -3.28. The third-order valence-electron chi connectivity index (χ3n) is 4.64. The number of fused-ring (bicyclic) bond motifs is 2. The molecule has 0 aliphatic carbocycles. The number of benzene rings is 3. The molecule has 0 amide bonds. The molecule has 0 aliphatic heterocycles. The predicted octanol–water partition coefficient (Wildman–Crippen LogP) is 5.77. The summed E-state index contributed by atoms with van der Waals surface area (Å²) < 4.78 is 5.95. The van der Waals surface area contributed by atoms with Crippen LogP contribution in [-0.2, 0) is 0 Å². The van der Waals surface area contributed by atoms with Gasteiger partial charge in [0.1, 0.15) is 11.2 Å². The second-order valence-electron chi connectivity index (χ2n) is 6.41. The highest BCUT2D eigenvalue weighted by Crippen LogP contribution is 2.27. The molecule has 0 aliphatic rings. The summed E-state index contributed by atoms with van der Waals surface area (Å²) in [4.78, 5) is 24.6. The highest BCUT2D eigenvalue weighted by molar-refractivity contribution is 6.31. The van der Waals surface area contributed by atoms with Crippen molar-refractivity contribution in [1.82, 2.24) is 15.0 Å². The number of rotatable bonds is 2. The lowest BCUT2D eigenvalue weighted by molar-refractivity contribution is 0.660. The smallest absolute Gasteiger partial charge is 0.227 e. The molecule has 0 fully saturated rings. The summed E-state index contributed by atoms with van der Waals surface area (Å²) in [5.41, 5.74) is 3.73. The van der Waals surface area contributed by atoms with Gasteiger partial charge in [0.25, 0.3) is 0 Å². The van der Waals surface area contributed by atoms with Gasteiger partial charge in [0.2, 0.25) is 16.0 Å². The highest BCUT2D eigenvalue weighted by atomic mass is 35.5. The average molecular weight is 420 g/mol. The predicted molar refractivity (Wildman–Crippen MR) is 114 cm³/mol. The van der Waals surface area contributed by atoms with Crippen LogP contribution in [0.4, 0.5) is 0 Å². The first-order chi connectivity index (χ1) is 14.1. The standard InChI is InChI=1S/C22H11Cl2N3O2/c23-21-25-20(26-22(24)27-21)13-7-5-12(6-8-13)14-9-10-16-18(11-14)29-17-4-2-1-3-15(17)19(16)28/h1-11H. The van der Waals surface area contributed by atoms with Gasteiger partial charge in [-0.2, -0.15) is 15.0 Å². The van der Waals surface area contributed by atoms with Gasteiger partial charge in [-0.15, -0.1) is 0 Å². The van der Waals surface area contributed by atoms with E-state index in [1.807, 2.05) is 48.5 Å². The zero-order chi connectivity index (χ0) is 20.0. The van der Waals surface area contributed by atoms with Gasteiger partial charge in [0, 0.05) is 5.56 Å². The van der Waals surface area contributed by atoms with Crippen LogP contribution in [0.3, 0.4) is 0 Å². The molecule has 3 aromatic carbocycles. The van der Waals surface area contributed by atoms with Crippen LogP contribution in [0.5, 0.6) is 0 Å². The summed E-state index contributed by atoms with van der Waals surface area (Å²) in [6, 6.07) is 20.4. The molecule has 0 unspecified atom stereocenters. The zero-order valence-corrected chi connectivity index (χ0v) is 16.3. The quantitative estimate of drug-likeness (QED) is 0.339. The van der Waals surface area contributed by atoms with Gasteiger partial charge >= 0.3 is 0 Å². The maximum atomic E-state index is 12.7. The summed E-state index contributed by atoms with van der Waals surface area (Å²) in [6.07, 6.45) is 0. The molecule has 0 atom stereocenters. The molecule has 0 radical (unpaired) electrons. The first-order valence-electron chi connectivity index (χ1n) is 8.72. The summed E-state index contributed by atoms with van der Waals surface area (Å²) in [5.74, 6) is 0.400. The minimum Gasteiger partial charge on any atom is -0.456 e. The number of para-hydroxylation sites is 1. The molecule has 2 heterocycles. The monoisotopic (exact) mass is 419 g/mol. The lowest BCUT2D eigenvalue weighted by atomic mass is 10.0. The van der Waals surface area contributed by atoms with E-state index in [1.165, 1.54) is 0 Å². The minimum atomic E-state index is -0.0349. The van der Waals surface area contributed by atoms with Gasteiger partial charge in [0.15, 0.2) is 5.82 Å². The van der Waals surface area contributed by atoms with E-state index in [4.69, 9.17) is 27.6 Å². The molecule has 0 spiro atoms. The summed E-state index contributed by atoms with van der Waals surface area (Å²) in [7, 11) is 0. The third-order valence-corrected chi connectivity index (χ3v) is 4.97. The lowest BCUT2D eigenvalue weighted by Gasteiger charge is -2.06. The molecule has 29 heavy (non-hydrogen) atoms. The van der Waals surface area contributed by atoms with Crippen molar-refractivity contribution in [3.8, 4) is 22.5 Å². The van der Waals surface area contributed by atoms with E-state index in [9.17, 15) is 4.79 Å². The largest absolute Gasteiger partial charge is 0.456 e. The Morgan fingerprint density at radius 1 is 0.655 bits per heavy atom. The lowest BCUT2D eigenvalue weighted by Crippen LogP contribution is -2.01.